The maximum absolute atomic E-state index is 15.2. The number of nitrogens with one attached hydrogen (secondary N) is 2. The number of esters is 1. The molecule has 5 aromatic rings. The van der Waals surface area contributed by atoms with Crippen molar-refractivity contribution in [3.63, 3.8) is 0 Å². The van der Waals surface area contributed by atoms with Crippen LogP contribution in [0.1, 0.15) is 27.6 Å². The van der Waals surface area contributed by atoms with Gasteiger partial charge >= 0.3 is 5.97 Å². The zero-order valence-corrected chi connectivity index (χ0v) is 26.3. The second-order valence-electron chi connectivity index (χ2n) is 10.7. The topological polar surface area (TPSA) is 74.4 Å². The number of hydrogen-bond donors (Lipinski definition) is 2. The van der Waals surface area contributed by atoms with E-state index in [0.29, 0.717) is 22.5 Å². The summed E-state index contributed by atoms with van der Waals surface area (Å²) in [5, 5.41) is 4.15. The summed E-state index contributed by atoms with van der Waals surface area (Å²) in [4.78, 5) is 35.6. The number of nitrogens with zero attached hydrogens (tertiary/aromatic N) is 1. The molecule has 4 aromatic carbocycles. The van der Waals surface area contributed by atoms with Gasteiger partial charge in [0.2, 0.25) is 5.91 Å². The van der Waals surface area contributed by atoms with Gasteiger partial charge in [0.25, 0.3) is 0 Å². The molecule has 0 bridgehead atoms. The van der Waals surface area contributed by atoms with Crippen LogP contribution >= 0.6 is 35.0 Å². The number of carbonyl (C=O) groups excluding carboxylic acids is 2. The average molecular weight is 659 g/mol. The third-order valence-electron chi connectivity index (χ3n) is 8.47. The van der Waals surface area contributed by atoms with E-state index in [2.05, 4.69) is 10.3 Å². The molecule has 6 nitrogen and oxygen atoms in total. The molecule has 0 saturated carbocycles. The fourth-order valence-corrected chi connectivity index (χ4v) is 8.05. The number of ether oxygens (including phenoxy) is 1. The van der Waals surface area contributed by atoms with Crippen LogP contribution in [-0.2, 0) is 26.3 Å². The monoisotopic (exact) mass is 657 g/mol. The lowest BCUT2D eigenvalue weighted by atomic mass is 9.64. The van der Waals surface area contributed by atoms with Gasteiger partial charge < -0.3 is 19.9 Å². The van der Waals surface area contributed by atoms with Crippen molar-refractivity contribution in [2.24, 2.45) is 0 Å². The van der Waals surface area contributed by atoms with Crippen molar-refractivity contribution in [2.45, 2.75) is 22.1 Å². The van der Waals surface area contributed by atoms with Crippen molar-refractivity contribution in [1.82, 2.24) is 4.98 Å². The van der Waals surface area contributed by atoms with Gasteiger partial charge in [-0.3, -0.25) is 4.79 Å². The Morgan fingerprint density at radius 1 is 1.00 bits per heavy atom. The summed E-state index contributed by atoms with van der Waals surface area (Å²) in [5.41, 5.74) is 4.12. The van der Waals surface area contributed by atoms with Crippen LogP contribution in [0, 0.1) is 5.82 Å². The van der Waals surface area contributed by atoms with Crippen LogP contribution in [0.15, 0.2) is 113 Å². The Labute approximate surface area is 273 Å². The molecule has 3 heterocycles. The van der Waals surface area contributed by atoms with Crippen molar-refractivity contribution in [2.75, 3.05) is 22.7 Å². The lowest BCUT2D eigenvalue weighted by Gasteiger charge is -2.41. The number of benzene rings is 4. The van der Waals surface area contributed by atoms with Gasteiger partial charge in [0.15, 0.2) is 0 Å². The number of aromatic nitrogens is 1. The molecule has 2 N–H and O–H groups in total. The third-order valence-corrected chi connectivity index (χ3v) is 9.79. The first-order chi connectivity index (χ1) is 21.9. The highest BCUT2D eigenvalue weighted by Crippen LogP contribution is 2.63. The van der Waals surface area contributed by atoms with Crippen LogP contribution in [0.25, 0.3) is 10.9 Å². The molecule has 10 heteroatoms. The Hall–Kier alpha value is -4.24. The number of thioether (sulfide) groups is 1. The summed E-state index contributed by atoms with van der Waals surface area (Å²) in [6, 6.07) is 29.7. The minimum Gasteiger partial charge on any atom is -0.466 e. The molecule has 0 fully saturated rings. The van der Waals surface area contributed by atoms with E-state index < -0.39 is 17.2 Å². The molecular weight excluding hydrogens is 632 g/mol. The van der Waals surface area contributed by atoms with Gasteiger partial charge in [-0.1, -0.05) is 60.7 Å². The van der Waals surface area contributed by atoms with Crippen molar-refractivity contribution >= 4 is 69.1 Å². The summed E-state index contributed by atoms with van der Waals surface area (Å²) in [6.07, 6.45) is 0. The lowest BCUT2D eigenvalue weighted by Crippen LogP contribution is -2.48. The molecule has 226 valence electrons. The van der Waals surface area contributed by atoms with Gasteiger partial charge in [0, 0.05) is 44.0 Å². The summed E-state index contributed by atoms with van der Waals surface area (Å²) in [5.74, 6) is -1.45. The lowest BCUT2D eigenvalue weighted by molar-refractivity contribution is -0.138. The Morgan fingerprint density at radius 3 is 2.49 bits per heavy atom. The Bertz CT molecular complexity index is 2010. The zero-order valence-electron chi connectivity index (χ0n) is 23.9. The maximum atomic E-state index is 15.2. The molecule has 1 spiro atoms. The molecular formula is C35H26Cl2FN3O3S. The normalized spacial score (nSPS) is 19.2. The number of fused-ring (bicyclic) bond motifs is 9. The molecule has 8 rings (SSSR count). The van der Waals surface area contributed by atoms with Gasteiger partial charge in [-0.25, -0.2) is 9.18 Å². The molecule has 1 aliphatic carbocycles. The van der Waals surface area contributed by atoms with Crippen LogP contribution in [0.2, 0.25) is 0 Å². The molecule has 2 aliphatic heterocycles. The number of H-pyrrole nitrogens is 1. The van der Waals surface area contributed by atoms with E-state index in [4.69, 9.17) is 27.9 Å². The van der Waals surface area contributed by atoms with E-state index in [9.17, 15) is 4.79 Å². The molecule has 1 amide bonds. The van der Waals surface area contributed by atoms with Crippen LogP contribution in [0.5, 0.6) is 0 Å². The number of anilines is 2. The number of rotatable bonds is 3. The standard InChI is InChI=1S/C34H24FN3O3S.CH2Cl2/c1-41-32(39)28-30-31(42-26-14-8-7-13-24(26)37-30)29-27(21-11-5-6-12-23(21)36-29)34(28)22-17-20(35)15-16-25(22)38(33(34)40)18-19-9-3-2-4-10-19;2-1-3/h2-17,31,36-37H,18H2,1H3;1H2/t31-,34-;/m1./s1. The molecule has 2 atom stereocenters. The largest absolute Gasteiger partial charge is 0.466 e. The predicted octanol–water partition coefficient (Wildman–Crippen LogP) is 8.26. The molecule has 0 saturated heterocycles. The van der Waals surface area contributed by atoms with Crippen LogP contribution in [-0.4, -0.2) is 29.3 Å². The van der Waals surface area contributed by atoms with E-state index in [-0.39, 0.29) is 28.6 Å². The number of hydrogen-bond acceptors (Lipinski definition) is 5. The van der Waals surface area contributed by atoms with Gasteiger partial charge in [-0.2, -0.15) is 0 Å². The first-order valence-electron chi connectivity index (χ1n) is 14.2. The fourth-order valence-electron chi connectivity index (χ4n) is 6.80. The molecule has 3 aliphatic rings. The minimum atomic E-state index is -1.65. The van der Waals surface area contributed by atoms with Crippen molar-refractivity contribution in [3.8, 4) is 0 Å². The zero-order chi connectivity index (χ0) is 31.3. The number of aromatic amines is 1. The highest BCUT2D eigenvalue weighted by molar-refractivity contribution is 8.00. The third kappa shape index (κ3) is 4.46. The molecule has 45 heavy (non-hydrogen) atoms. The van der Waals surface area contributed by atoms with Gasteiger partial charge in [-0.15, -0.1) is 35.0 Å². The van der Waals surface area contributed by atoms with Gasteiger partial charge in [-0.05, 0) is 42.0 Å². The number of carbonyl (C=O) groups is 2. The Morgan fingerprint density at radius 2 is 1.71 bits per heavy atom. The fraction of sp³-hybridized carbons (Fsp3) is 0.143. The minimum absolute atomic E-state index is 0.182. The van der Waals surface area contributed by atoms with E-state index in [1.54, 1.807) is 22.7 Å². The smallest absolute Gasteiger partial charge is 0.337 e. The van der Waals surface area contributed by atoms with Gasteiger partial charge in [0.05, 0.1) is 35.5 Å². The summed E-state index contributed by atoms with van der Waals surface area (Å²) in [6.45, 7) is 0.260. The number of alkyl halides is 2. The number of para-hydroxylation sites is 2. The van der Waals surface area contributed by atoms with Crippen molar-refractivity contribution < 1.29 is 18.7 Å². The molecule has 1 aromatic heterocycles. The Balaban J connectivity index is 0.00000104. The van der Waals surface area contributed by atoms with E-state index in [0.717, 1.165) is 32.7 Å². The van der Waals surface area contributed by atoms with Crippen LogP contribution in [0.3, 0.4) is 0 Å². The maximum Gasteiger partial charge on any atom is 0.337 e. The predicted molar refractivity (Wildman–Crippen MR) is 177 cm³/mol. The summed E-state index contributed by atoms with van der Waals surface area (Å²) in [7, 11) is 1.32. The van der Waals surface area contributed by atoms with Crippen LogP contribution in [0.4, 0.5) is 15.8 Å². The highest BCUT2D eigenvalue weighted by atomic mass is 35.5. The van der Waals surface area contributed by atoms with E-state index in [1.165, 1.54) is 19.2 Å². The van der Waals surface area contributed by atoms with Crippen molar-refractivity contribution in [3.05, 3.63) is 137 Å². The first kappa shape index (κ1) is 29.5. The first-order valence-corrected chi connectivity index (χ1v) is 16.1. The van der Waals surface area contributed by atoms with Crippen molar-refractivity contribution in [1.29, 1.82) is 0 Å². The van der Waals surface area contributed by atoms with Gasteiger partial charge in [0.1, 0.15) is 11.2 Å². The number of halogens is 3. The molecule has 0 radical (unpaired) electrons. The number of methoxy groups -OCH3 is 1. The average Bonchev–Trinajstić information content (AvgIpc) is 3.55. The Kier molecular flexibility index (Phi) is 7.60. The van der Waals surface area contributed by atoms with E-state index in [1.807, 2.05) is 78.9 Å². The SMILES string of the molecule is COC(=O)C1=C2Nc3ccccc3S[C@@H]2c2[nH]c3ccccc3c2[C@@]12C(=O)N(Cc1ccccc1)c1ccc(F)cc12.ClCCl. The number of amides is 1. The van der Waals surface area contributed by atoms with E-state index >= 15 is 9.18 Å². The summed E-state index contributed by atoms with van der Waals surface area (Å²) >= 11 is 11.1. The van der Waals surface area contributed by atoms with Crippen LogP contribution < -0.4 is 10.2 Å². The quantitative estimate of drug-likeness (QED) is 0.151. The second-order valence-corrected chi connectivity index (χ2v) is 12.7. The summed E-state index contributed by atoms with van der Waals surface area (Å²) < 4.78 is 20.7. The highest BCUT2D eigenvalue weighted by Gasteiger charge is 2.63. The second kappa shape index (κ2) is 11.6. The molecule has 0 unspecified atom stereocenters.